The highest BCUT2D eigenvalue weighted by Gasteiger charge is 2.16. The molecule has 48 heavy (non-hydrogen) atoms. The number of hydrogen-bond acceptors (Lipinski definition) is 3. The lowest BCUT2D eigenvalue weighted by Gasteiger charge is -2.12. The Labute approximate surface area is 302 Å². The van der Waals surface area contributed by atoms with E-state index in [2.05, 4.69) is 20.8 Å². The average Bonchev–Trinajstić information content (AvgIpc) is 3.07. The highest BCUT2D eigenvalue weighted by atomic mass is 16.5. The smallest absolute Gasteiger partial charge is 0.306 e. The van der Waals surface area contributed by atoms with Crippen LogP contribution in [0.2, 0.25) is 0 Å². The van der Waals surface area contributed by atoms with Crippen molar-refractivity contribution >= 4 is 11.9 Å². The molecule has 0 fully saturated rings. The summed E-state index contributed by atoms with van der Waals surface area (Å²) >= 11 is 0. The molecule has 0 aromatic heterocycles. The van der Waals surface area contributed by atoms with Crippen molar-refractivity contribution in [1.82, 2.24) is 0 Å². The lowest BCUT2D eigenvalue weighted by atomic mass is 9.94. The number of hydrogen-bond donors (Lipinski definition) is 1. The number of ether oxygens (including phenoxy) is 1. The second-order valence-corrected chi connectivity index (χ2v) is 14.8. The van der Waals surface area contributed by atoms with Crippen LogP contribution in [0.15, 0.2) is 0 Å². The van der Waals surface area contributed by atoms with Gasteiger partial charge in [-0.1, -0.05) is 226 Å². The topological polar surface area (TPSA) is 63.6 Å². The summed E-state index contributed by atoms with van der Waals surface area (Å²) < 4.78 is 4.92. The van der Waals surface area contributed by atoms with Gasteiger partial charge in [-0.3, -0.25) is 9.59 Å². The Balaban J connectivity index is 0. The maximum absolute atomic E-state index is 11.4. The average molecular weight is 681 g/mol. The van der Waals surface area contributed by atoms with Gasteiger partial charge < -0.3 is 9.84 Å². The van der Waals surface area contributed by atoms with Crippen LogP contribution in [0.4, 0.5) is 0 Å². The van der Waals surface area contributed by atoms with Gasteiger partial charge in [0.25, 0.3) is 0 Å². The van der Waals surface area contributed by atoms with Gasteiger partial charge in [-0.25, -0.2) is 0 Å². The molecule has 4 nitrogen and oxygen atoms in total. The van der Waals surface area contributed by atoms with Crippen LogP contribution in [0.25, 0.3) is 0 Å². The summed E-state index contributed by atoms with van der Waals surface area (Å²) in [5, 5.41) is 9.39. The molecule has 288 valence electrons. The number of unbranched alkanes of at least 4 members (excludes halogenated alkanes) is 30. The van der Waals surface area contributed by atoms with Crippen LogP contribution in [-0.2, 0) is 14.3 Å². The van der Waals surface area contributed by atoms with Crippen LogP contribution in [-0.4, -0.2) is 23.7 Å². The summed E-state index contributed by atoms with van der Waals surface area (Å²) in [5.74, 6) is -0.692. The summed E-state index contributed by atoms with van der Waals surface area (Å²) in [5.41, 5.74) is 0. The molecule has 4 heteroatoms. The van der Waals surface area contributed by atoms with Crippen molar-refractivity contribution < 1.29 is 19.4 Å². The molecule has 1 atom stereocenters. The van der Waals surface area contributed by atoms with E-state index in [9.17, 15) is 14.7 Å². The summed E-state index contributed by atoms with van der Waals surface area (Å²) in [6.07, 6.45) is 46.3. The SMILES string of the molecule is CCCCCCCCCCCCCCC(CCCCCCCC)C(=O)O.CCCCCCCCCCCCCCCCCC(=O)OCC. The zero-order valence-corrected chi connectivity index (χ0v) is 33.4. The lowest BCUT2D eigenvalue weighted by Crippen LogP contribution is -2.13. The van der Waals surface area contributed by atoms with E-state index in [1.54, 1.807) is 0 Å². The molecule has 0 radical (unpaired) electrons. The number of esters is 1. The first-order valence-corrected chi connectivity index (χ1v) is 21.9. The maximum atomic E-state index is 11.4. The van der Waals surface area contributed by atoms with Crippen molar-refractivity contribution in [2.75, 3.05) is 6.61 Å². The predicted octanol–water partition coefficient (Wildman–Crippen LogP) is 15.3. The lowest BCUT2D eigenvalue weighted by molar-refractivity contribution is -0.143. The van der Waals surface area contributed by atoms with Crippen molar-refractivity contribution in [2.45, 2.75) is 259 Å². The molecule has 0 spiro atoms. The molecule has 0 heterocycles. The first kappa shape index (κ1) is 49.1. The Morgan fingerprint density at radius 1 is 0.396 bits per heavy atom. The quantitative estimate of drug-likeness (QED) is 0.0521. The predicted molar refractivity (Wildman–Crippen MR) is 211 cm³/mol. The van der Waals surface area contributed by atoms with E-state index in [0.717, 1.165) is 32.1 Å². The van der Waals surface area contributed by atoms with E-state index in [-0.39, 0.29) is 11.9 Å². The minimum absolute atomic E-state index is 0.0304. The number of carbonyl (C=O) groups excluding carboxylic acids is 1. The molecule has 0 aromatic rings. The molecule has 0 bridgehead atoms. The fourth-order valence-electron chi connectivity index (χ4n) is 6.67. The van der Waals surface area contributed by atoms with Crippen LogP contribution < -0.4 is 0 Å². The van der Waals surface area contributed by atoms with Gasteiger partial charge in [0.05, 0.1) is 12.5 Å². The van der Waals surface area contributed by atoms with Crippen LogP contribution in [0.5, 0.6) is 0 Å². The Hall–Kier alpha value is -1.06. The second-order valence-electron chi connectivity index (χ2n) is 14.8. The van der Waals surface area contributed by atoms with Crippen molar-refractivity contribution in [3.63, 3.8) is 0 Å². The molecule has 0 rings (SSSR count). The highest BCUT2D eigenvalue weighted by Crippen LogP contribution is 2.20. The summed E-state index contributed by atoms with van der Waals surface area (Å²) in [6.45, 7) is 9.16. The van der Waals surface area contributed by atoms with E-state index in [0.29, 0.717) is 13.0 Å². The van der Waals surface area contributed by atoms with Crippen molar-refractivity contribution in [3.05, 3.63) is 0 Å². The van der Waals surface area contributed by atoms with E-state index in [4.69, 9.17) is 4.74 Å². The molecule has 0 saturated heterocycles. The van der Waals surface area contributed by atoms with Crippen LogP contribution in [0, 0.1) is 5.92 Å². The number of carboxylic acids is 1. The Bertz CT molecular complexity index is 619. The van der Waals surface area contributed by atoms with Gasteiger partial charge in [-0.2, -0.15) is 0 Å². The third-order valence-corrected chi connectivity index (χ3v) is 9.95. The number of rotatable bonds is 38. The molecule has 0 aromatic carbocycles. The van der Waals surface area contributed by atoms with Gasteiger partial charge in [0.2, 0.25) is 0 Å². The van der Waals surface area contributed by atoms with Crippen LogP contribution in [0.3, 0.4) is 0 Å². The second kappa shape index (κ2) is 44.0. The fourth-order valence-corrected chi connectivity index (χ4v) is 6.67. The molecule has 0 aliphatic rings. The molecule has 1 unspecified atom stereocenters. The van der Waals surface area contributed by atoms with Crippen LogP contribution >= 0.6 is 0 Å². The zero-order valence-electron chi connectivity index (χ0n) is 33.4. The molecular weight excluding hydrogens is 592 g/mol. The third-order valence-electron chi connectivity index (χ3n) is 9.95. The minimum atomic E-state index is -0.568. The van der Waals surface area contributed by atoms with Gasteiger partial charge in [-0.15, -0.1) is 0 Å². The van der Waals surface area contributed by atoms with E-state index in [1.807, 2.05) is 6.92 Å². The van der Waals surface area contributed by atoms with Gasteiger partial charge in [0.1, 0.15) is 0 Å². The standard InChI is InChI=1S/C24H48O2.C20H40O2/c1-3-5-7-9-11-12-13-14-15-16-18-20-22-23(24(25)26)21-19-17-10-8-6-4-2;1-3-5-6-7-8-9-10-11-12-13-14-15-16-17-18-19-20(21)22-4-2/h23H,3-22H2,1-2H3,(H,25,26);3-19H2,1-2H3. The number of carbonyl (C=O) groups is 2. The van der Waals surface area contributed by atoms with Gasteiger partial charge in [-0.05, 0) is 26.2 Å². The van der Waals surface area contributed by atoms with Crippen molar-refractivity contribution in [1.29, 1.82) is 0 Å². The van der Waals surface area contributed by atoms with Crippen molar-refractivity contribution in [3.8, 4) is 0 Å². The molecule has 0 amide bonds. The van der Waals surface area contributed by atoms with E-state index < -0.39 is 5.97 Å². The summed E-state index contributed by atoms with van der Waals surface area (Å²) in [4.78, 5) is 22.6. The first-order valence-electron chi connectivity index (χ1n) is 21.9. The van der Waals surface area contributed by atoms with Gasteiger partial charge >= 0.3 is 11.9 Å². The molecule has 0 saturated carbocycles. The van der Waals surface area contributed by atoms with Gasteiger partial charge in [0, 0.05) is 6.42 Å². The molecule has 0 aliphatic carbocycles. The molecular formula is C44H88O4. The Morgan fingerprint density at radius 2 is 0.646 bits per heavy atom. The van der Waals surface area contributed by atoms with Crippen LogP contribution in [0.1, 0.15) is 259 Å². The third kappa shape index (κ3) is 43.0. The monoisotopic (exact) mass is 681 g/mol. The molecule has 1 N–H and O–H groups in total. The van der Waals surface area contributed by atoms with E-state index in [1.165, 1.54) is 193 Å². The number of aliphatic carboxylic acids is 1. The first-order chi connectivity index (χ1) is 23.5. The summed E-state index contributed by atoms with van der Waals surface area (Å²) in [7, 11) is 0. The Morgan fingerprint density at radius 3 is 0.896 bits per heavy atom. The van der Waals surface area contributed by atoms with E-state index >= 15 is 0 Å². The molecule has 0 aliphatic heterocycles. The van der Waals surface area contributed by atoms with Gasteiger partial charge in [0.15, 0.2) is 0 Å². The fraction of sp³-hybridized carbons (Fsp3) is 0.955. The largest absolute Gasteiger partial charge is 0.481 e. The van der Waals surface area contributed by atoms with Crippen molar-refractivity contribution in [2.24, 2.45) is 5.92 Å². The number of carboxylic acid groups (broad SMARTS) is 1. The normalized spacial score (nSPS) is 11.7. The maximum Gasteiger partial charge on any atom is 0.306 e. The highest BCUT2D eigenvalue weighted by molar-refractivity contribution is 5.69. The summed E-state index contributed by atoms with van der Waals surface area (Å²) in [6, 6.07) is 0. The zero-order chi connectivity index (χ0) is 35.6. The minimum Gasteiger partial charge on any atom is -0.481 e. The Kier molecular flexibility index (Phi) is 44.9.